The van der Waals surface area contributed by atoms with Gasteiger partial charge in [-0.3, -0.25) is 0 Å². The highest BCUT2D eigenvalue weighted by atomic mass is 19.1. The number of fused-ring (bicyclic) bond motifs is 1. The van der Waals surface area contributed by atoms with Gasteiger partial charge in [-0.05, 0) is 18.2 Å². The summed E-state index contributed by atoms with van der Waals surface area (Å²) < 4.78 is 37.1. The van der Waals surface area contributed by atoms with Crippen LogP contribution in [0.1, 0.15) is 16.1 Å². The molecule has 0 unspecified atom stereocenters. The topological polar surface area (TPSA) is 68.1 Å². The van der Waals surface area contributed by atoms with E-state index < -0.39 is 17.6 Å². The number of carbonyl (C=O) groups excluding carboxylic acids is 1. The third-order valence-corrected chi connectivity index (χ3v) is 3.92. The quantitative estimate of drug-likeness (QED) is 0.550. The molecule has 2 heterocycles. The molecule has 0 aliphatic heterocycles. The minimum Gasteiger partial charge on any atom is -0.455 e. The molecule has 0 fully saturated rings. The van der Waals surface area contributed by atoms with Crippen LogP contribution in [0.3, 0.4) is 0 Å². The monoisotopic (exact) mass is 354 g/mol. The number of esters is 1. The summed E-state index contributed by atoms with van der Waals surface area (Å²) >= 11 is 0. The number of para-hydroxylation sites is 1. The Morgan fingerprint density at radius 3 is 2.85 bits per heavy atom. The van der Waals surface area contributed by atoms with E-state index in [0.717, 1.165) is 23.0 Å². The van der Waals surface area contributed by atoms with Gasteiger partial charge < -0.3 is 14.2 Å². The highest BCUT2D eigenvalue weighted by molar-refractivity contribution is 6.03. The molecule has 4 rings (SSSR count). The molecule has 0 radical (unpaired) electrons. The number of aromatic nitrogens is 2. The van der Waals surface area contributed by atoms with Crippen molar-refractivity contribution in [2.75, 3.05) is 0 Å². The molecule has 7 heteroatoms. The fraction of sp³-hybridized carbons (Fsp3) is 0.0526. The van der Waals surface area contributed by atoms with Gasteiger partial charge in [0.15, 0.2) is 5.76 Å². The fourth-order valence-corrected chi connectivity index (χ4v) is 2.65. The van der Waals surface area contributed by atoms with E-state index in [1.807, 2.05) is 24.3 Å². The Labute approximate surface area is 146 Å². The van der Waals surface area contributed by atoms with Gasteiger partial charge in [0.2, 0.25) is 0 Å². The molecule has 0 saturated carbocycles. The van der Waals surface area contributed by atoms with Gasteiger partial charge in [0.25, 0.3) is 0 Å². The normalized spacial score (nSPS) is 11.0. The highest BCUT2D eigenvalue weighted by Crippen LogP contribution is 2.25. The van der Waals surface area contributed by atoms with Crippen LogP contribution in [0.5, 0.6) is 0 Å². The number of carbonyl (C=O) groups is 1. The first kappa shape index (κ1) is 16.0. The molecule has 0 amide bonds. The number of H-pyrrole nitrogens is 1. The van der Waals surface area contributed by atoms with Crippen LogP contribution in [0.2, 0.25) is 0 Å². The third kappa shape index (κ3) is 2.95. The summed E-state index contributed by atoms with van der Waals surface area (Å²) in [4.78, 5) is 15.3. The maximum Gasteiger partial charge on any atom is 0.340 e. The van der Waals surface area contributed by atoms with Crippen LogP contribution >= 0.6 is 0 Å². The van der Waals surface area contributed by atoms with E-state index in [0.29, 0.717) is 11.3 Å². The van der Waals surface area contributed by atoms with Gasteiger partial charge in [-0.1, -0.05) is 23.4 Å². The van der Waals surface area contributed by atoms with Crippen molar-refractivity contribution in [2.45, 2.75) is 6.61 Å². The summed E-state index contributed by atoms with van der Waals surface area (Å²) in [6.07, 6.45) is 1.58. The maximum atomic E-state index is 13.8. The molecule has 0 saturated heterocycles. The molecule has 0 aliphatic carbocycles. The lowest BCUT2D eigenvalue weighted by Crippen LogP contribution is -2.04. The van der Waals surface area contributed by atoms with E-state index in [-0.39, 0.29) is 17.9 Å². The lowest BCUT2D eigenvalue weighted by Gasteiger charge is -2.01. The summed E-state index contributed by atoms with van der Waals surface area (Å²) in [5, 5.41) is 4.51. The van der Waals surface area contributed by atoms with Crippen molar-refractivity contribution < 1.29 is 22.8 Å². The predicted octanol–water partition coefficient (Wildman–Crippen LogP) is 4.46. The Hall–Kier alpha value is -3.48. The molecule has 0 spiro atoms. The van der Waals surface area contributed by atoms with Gasteiger partial charge in [0.05, 0.1) is 11.1 Å². The molecular weight excluding hydrogens is 342 g/mol. The number of rotatable bonds is 4. The predicted molar refractivity (Wildman–Crippen MR) is 89.3 cm³/mol. The first-order valence-corrected chi connectivity index (χ1v) is 7.76. The molecule has 2 aromatic heterocycles. The van der Waals surface area contributed by atoms with Crippen molar-refractivity contribution in [3.63, 3.8) is 0 Å². The van der Waals surface area contributed by atoms with Crippen molar-refractivity contribution in [3.8, 4) is 11.3 Å². The largest absolute Gasteiger partial charge is 0.455 e. The van der Waals surface area contributed by atoms with Gasteiger partial charge in [-0.15, -0.1) is 0 Å². The van der Waals surface area contributed by atoms with Crippen LogP contribution in [0.15, 0.2) is 59.3 Å². The maximum absolute atomic E-state index is 13.8. The molecule has 4 aromatic rings. The summed E-state index contributed by atoms with van der Waals surface area (Å²) in [5.74, 6) is -1.83. The lowest BCUT2D eigenvalue weighted by atomic mass is 10.1. The number of nitrogens with zero attached hydrogens (tertiary/aromatic N) is 1. The number of ether oxygens (including phenoxy) is 1. The zero-order chi connectivity index (χ0) is 18.1. The van der Waals surface area contributed by atoms with Crippen LogP contribution in [-0.4, -0.2) is 16.1 Å². The number of hydrogen-bond donors (Lipinski definition) is 1. The third-order valence-electron chi connectivity index (χ3n) is 3.92. The Balaban J connectivity index is 1.49. The van der Waals surface area contributed by atoms with Crippen LogP contribution < -0.4 is 0 Å². The van der Waals surface area contributed by atoms with Crippen molar-refractivity contribution in [1.82, 2.24) is 10.1 Å². The van der Waals surface area contributed by atoms with Crippen LogP contribution in [0, 0.1) is 11.6 Å². The number of nitrogens with one attached hydrogen (secondary N) is 1. The molecule has 130 valence electrons. The molecule has 0 atom stereocenters. The first-order valence-electron chi connectivity index (χ1n) is 7.76. The second kappa shape index (κ2) is 6.44. The van der Waals surface area contributed by atoms with Crippen LogP contribution in [-0.2, 0) is 11.3 Å². The molecular formula is C19H12F2N2O3. The van der Waals surface area contributed by atoms with E-state index in [9.17, 15) is 13.6 Å². The van der Waals surface area contributed by atoms with Crippen molar-refractivity contribution in [2.24, 2.45) is 0 Å². The Morgan fingerprint density at radius 2 is 2.00 bits per heavy atom. The fourth-order valence-electron chi connectivity index (χ4n) is 2.65. The van der Waals surface area contributed by atoms with Gasteiger partial charge in [-0.25, -0.2) is 13.6 Å². The highest BCUT2D eigenvalue weighted by Gasteiger charge is 2.16. The van der Waals surface area contributed by atoms with Gasteiger partial charge >= 0.3 is 5.97 Å². The Morgan fingerprint density at radius 1 is 1.15 bits per heavy atom. The summed E-state index contributed by atoms with van der Waals surface area (Å²) in [6.45, 7) is -0.134. The smallest absolute Gasteiger partial charge is 0.340 e. The number of aromatic amines is 1. The van der Waals surface area contributed by atoms with E-state index in [4.69, 9.17) is 9.26 Å². The minimum atomic E-state index is -0.761. The molecule has 5 nitrogen and oxygen atoms in total. The molecule has 1 N–H and O–H groups in total. The van der Waals surface area contributed by atoms with E-state index in [2.05, 4.69) is 10.1 Å². The second-order valence-corrected chi connectivity index (χ2v) is 5.63. The minimum absolute atomic E-state index is 0.0769. The molecule has 0 bridgehead atoms. The number of halogens is 2. The van der Waals surface area contributed by atoms with Crippen molar-refractivity contribution >= 4 is 16.9 Å². The summed E-state index contributed by atoms with van der Waals surface area (Å²) in [6, 6.07) is 11.9. The molecule has 26 heavy (non-hydrogen) atoms. The van der Waals surface area contributed by atoms with E-state index >= 15 is 0 Å². The average molecular weight is 354 g/mol. The second-order valence-electron chi connectivity index (χ2n) is 5.63. The van der Waals surface area contributed by atoms with Crippen LogP contribution in [0.4, 0.5) is 8.78 Å². The van der Waals surface area contributed by atoms with Gasteiger partial charge in [0.1, 0.15) is 23.9 Å². The first-order chi connectivity index (χ1) is 12.6. The summed E-state index contributed by atoms with van der Waals surface area (Å²) in [5.41, 5.74) is 1.63. The van der Waals surface area contributed by atoms with Gasteiger partial charge in [0, 0.05) is 29.2 Å². The van der Waals surface area contributed by atoms with Crippen molar-refractivity contribution in [1.29, 1.82) is 0 Å². The average Bonchev–Trinajstić information content (AvgIpc) is 3.27. The Kier molecular flexibility index (Phi) is 3.96. The molecule has 0 aliphatic rings. The SMILES string of the molecule is O=C(OCc1cc(-c2ccc(F)cc2F)on1)c1c[nH]c2ccccc12. The van der Waals surface area contributed by atoms with Crippen molar-refractivity contribution in [3.05, 3.63) is 77.6 Å². The Bertz CT molecular complexity index is 1100. The van der Waals surface area contributed by atoms with E-state index in [1.165, 1.54) is 12.1 Å². The van der Waals surface area contributed by atoms with Gasteiger partial charge in [-0.2, -0.15) is 0 Å². The standard InChI is InChI=1S/C19H12F2N2O3/c20-11-5-6-14(16(21)7-11)18-8-12(23-26-18)10-25-19(24)15-9-22-17-4-2-1-3-13(15)17/h1-9,22H,10H2. The van der Waals surface area contributed by atoms with Crippen LogP contribution in [0.25, 0.3) is 22.2 Å². The molecule has 2 aromatic carbocycles. The zero-order valence-electron chi connectivity index (χ0n) is 13.3. The zero-order valence-corrected chi connectivity index (χ0v) is 13.3. The number of hydrogen-bond acceptors (Lipinski definition) is 4. The summed E-state index contributed by atoms with van der Waals surface area (Å²) in [7, 11) is 0. The number of benzene rings is 2. The van der Waals surface area contributed by atoms with E-state index in [1.54, 1.807) is 6.20 Å². The lowest BCUT2D eigenvalue weighted by molar-refractivity contribution is 0.0466.